The van der Waals surface area contributed by atoms with Crippen LogP contribution in [0.3, 0.4) is 0 Å². The van der Waals surface area contributed by atoms with Gasteiger partial charge in [-0.2, -0.15) is 4.31 Å². The third kappa shape index (κ3) is 5.27. The molecule has 0 unspecified atom stereocenters. The molecule has 9 heteroatoms. The number of carbonyl (C=O) groups excluding carboxylic acids is 1. The molecule has 1 aromatic rings. The van der Waals surface area contributed by atoms with Gasteiger partial charge in [-0.1, -0.05) is 47.3 Å². The number of amides is 1. The van der Waals surface area contributed by atoms with Crippen molar-refractivity contribution >= 4 is 43.5 Å². The van der Waals surface area contributed by atoms with Gasteiger partial charge in [-0.3, -0.25) is 9.69 Å². The first-order valence-electron chi connectivity index (χ1n) is 9.74. The molecule has 2 atom stereocenters. The standard InChI is InChI=1S/C19H27BrClN3O3S/c1-14-4-2-3-5-17(14)22-19(25)13-23-8-10-24(11-9-23)28(26,27)18-7-6-15(20)12-16(18)21/h6-7,12,14,17H,2-5,8-11,13H2,1H3,(H,22,25)/t14-,17+/m0/s1. The molecule has 1 aliphatic heterocycles. The first-order chi connectivity index (χ1) is 13.3. The average Bonchev–Trinajstić information content (AvgIpc) is 2.64. The summed E-state index contributed by atoms with van der Waals surface area (Å²) in [5, 5.41) is 3.37. The summed E-state index contributed by atoms with van der Waals surface area (Å²) in [6, 6.07) is 5.04. The predicted molar refractivity (Wildman–Crippen MR) is 114 cm³/mol. The number of sulfonamides is 1. The van der Waals surface area contributed by atoms with Crippen LogP contribution in [-0.2, 0) is 14.8 Å². The van der Waals surface area contributed by atoms with Crippen LogP contribution in [0, 0.1) is 5.92 Å². The Morgan fingerprint density at radius 3 is 2.54 bits per heavy atom. The Bertz CT molecular complexity index is 813. The van der Waals surface area contributed by atoms with E-state index in [1.54, 1.807) is 12.1 Å². The quantitative estimate of drug-likeness (QED) is 0.686. The van der Waals surface area contributed by atoms with E-state index in [0.717, 1.165) is 10.9 Å². The van der Waals surface area contributed by atoms with Gasteiger partial charge in [0.2, 0.25) is 15.9 Å². The molecule has 1 saturated heterocycles. The topological polar surface area (TPSA) is 69.7 Å². The van der Waals surface area contributed by atoms with Gasteiger partial charge in [0.05, 0.1) is 11.6 Å². The van der Waals surface area contributed by atoms with Gasteiger partial charge in [-0.05, 0) is 37.0 Å². The van der Waals surface area contributed by atoms with Crippen LogP contribution in [0.15, 0.2) is 27.6 Å². The summed E-state index contributed by atoms with van der Waals surface area (Å²) >= 11 is 9.43. The molecule has 0 bridgehead atoms. The fourth-order valence-electron chi connectivity index (χ4n) is 3.94. The van der Waals surface area contributed by atoms with Gasteiger partial charge in [0.1, 0.15) is 4.90 Å². The number of piperazine rings is 1. The lowest BCUT2D eigenvalue weighted by atomic mass is 9.86. The molecule has 0 radical (unpaired) electrons. The summed E-state index contributed by atoms with van der Waals surface area (Å²) in [6.45, 7) is 4.27. The number of rotatable bonds is 5. The average molecular weight is 493 g/mol. The van der Waals surface area contributed by atoms with Gasteiger partial charge in [0.25, 0.3) is 0 Å². The normalized spacial score (nSPS) is 24.8. The second-order valence-corrected chi connectivity index (χ2v) is 10.9. The van der Waals surface area contributed by atoms with Crippen molar-refractivity contribution in [3.63, 3.8) is 0 Å². The maximum atomic E-state index is 12.9. The summed E-state index contributed by atoms with van der Waals surface area (Å²) in [5.41, 5.74) is 0. The Kier molecular flexibility index (Phi) is 7.42. The predicted octanol–water partition coefficient (Wildman–Crippen LogP) is 3.10. The molecule has 0 spiro atoms. The molecule has 2 fully saturated rings. The molecular formula is C19H27BrClN3O3S. The summed E-state index contributed by atoms with van der Waals surface area (Å²) in [5.74, 6) is 0.557. The van der Waals surface area contributed by atoms with Crippen molar-refractivity contribution < 1.29 is 13.2 Å². The second-order valence-electron chi connectivity index (χ2n) is 7.69. The van der Waals surface area contributed by atoms with Crippen LogP contribution in [0.4, 0.5) is 0 Å². The minimum atomic E-state index is -3.64. The number of carbonyl (C=O) groups is 1. The minimum absolute atomic E-state index is 0.0333. The lowest BCUT2D eigenvalue weighted by Gasteiger charge is -2.35. The summed E-state index contributed by atoms with van der Waals surface area (Å²) in [6.07, 6.45) is 4.63. The zero-order chi connectivity index (χ0) is 20.3. The summed E-state index contributed by atoms with van der Waals surface area (Å²) in [4.78, 5) is 14.5. The van der Waals surface area contributed by atoms with Crippen molar-refractivity contribution in [2.45, 2.75) is 43.5 Å². The number of benzene rings is 1. The van der Waals surface area contributed by atoms with Crippen LogP contribution in [-0.4, -0.2) is 62.3 Å². The molecule has 3 rings (SSSR count). The van der Waals surface area contributed by atoms with Crippen LogP contribution in [0.25, 0.3) is 0 Å². The number of halogens is 2. The van der Waals surface area contributed by atoms with Crippen molar-refractivity contribution in [3.05, 3.63) is 27.7 Å². The number of hydrogen-bond acceptors (Lipinski definition) is 4. The minimum Gasteiger partial charge on any atom is -0.352 e. The fourth-order valence-corrected chi connectivity index (χ4v) is 6.37. The molecule has 1 aliphatic carbocycles. The van der Waals surface area contributed by atoms with E-state index in [0.29, 0.717) is 38.6 Å². The largest absolute Gasteiger partial charge is 0.352 e. The highest BCUT2D eigenvalue weighted by molar-refractivity contribution is 9.10. The van der Waals surface area contributed by atoms with E-state index < -0.39 is 10.0 Å². The number of hydrogen-bond donors (Lipinski definition) is 1. The molecule has 28 heavy (non-hydrogen) atoms. The molecule has 156 valence electrons. The molecule has 1 saturated carbocycles. The molecule has 0 aromatic heterocycles. The molecule has 1 aromatic carbocycles. The fraction of sp³-hybridized carbons (Fsp3) is 0.632. The lowest BCUT2D eigenvalue weighted by molar-refractivity contribution is -0.123. The van der Waals surface area contributed by atoms with Gasteiger partial charge >= 0.3 is 0 Å². The van der Waals surface area contributed by atoms with Crippen LogP contribution < -0.4 is 5.32 Å². The van der Waals surface area contributed by atoms with E-state index in [1.165, 1.54) is 29.6 Å². The number of nitrogens with one attached hydrogen (secondary N) is 1. The number of nitrogens with zero attached hydrogens (tertiary/aromatic N) is 2. The summed E-state index contributed by atoms with van der Waals surface area (Å²) < 4.78 is 27.9. The molecule has 6 nitrogen and oxygen atoms in total. The maximum Gasteiger partial charge on any atom is 0.244 e. The van der Waals surface area contributed by atoms with Crippen LogP contribution >= 0.6 is 27.5 Å². The van der Waals surface area contributed by atoms with E-state index in [4.69, 9.17) is 11.6 Å². The van der Waals surface area contributed by atoms with Crippen LogP contribution in [0.1, 0.15) is 32.6 Å². The Morgan fingerprint density at radius 2 is 1.89 bits per heavy atom. The summed E-state index contributed by atoms with van der Waals surface area (Å²) in [7, 11) is -3.64. The van der Waals surface area contributed by atoms with E-state index in [2.05, 4.69) is 28.2 Å². The van der Waals surface area contributed by atoms with Crippen molar-refractivity contribution in [3.8, 4) is 0 Å². The SMILES string of the molecule is C[C@H]1CCCC[C@H]1NC(=O)CN1CCN(S(=O)(=O)c2ccc(Br)cc2Cl)CC1. The highest BCUT2D eigenvalue weighted by Gasteiger charge is 2.31. The van der Waals surface area contributed by atoms with E-state index in [1.807, 2.05) is 4.90 Å². The maximum absolute atomic E-state index is 12.9. The van der Waals surface area contributed by atoms with Gasteiger partial charge < -0.3 is 5.32 Å². The third-order valence-corrected chi connectivity index (χ3v) is 8.54. The van der Waals surface area contributed by atoms with E-state index in [9.17, 15) is 13.2 Å². The first kappa shape index (κ1) is 22.0. The van der Waals surface area contributed by atoms with Crippen molar-refractivity contribution in [2.75, 3.05) is 32.7 Å². The highest BCUT2D eigenvalue weighted by Crippen LogP contribution is 2.28. The molecule has 1 N–H and O–H groups in total. The van der Waals surface area contributed by atoms with E-state index >= 15 is 0 Å². The van der Waals surface area contributed by atoms with Gasteiger partial charge in [-0.25, -0.2) is 8.42 Å². The zero-order valence-corrected chi connectivity index (χ0v) is 19.2. The second kappa shape index (κ2) is 9.43. The van der Waals surface area contributed by atoms with Crippen LogP contribution in [0.5, 0.6) is 0 Å². The van der Waals surface area contributed by atoms with Crippen molar-refractivity contribution in [1.29, 1.82) is 0 Å². The smallest absolute Gasteiger partial charge is 0.244 e. The Balaban J connectivity index is 1.53. The monoisotopic (exact) mass is 491 g/mol. The Hall–Kier alpha value is -0.670. The molecular weight excluding hydrogens is 466 g/mol. The highest BCUT2D eigenvalue weighted by atomic mass is 79.9. The van der Waals surface area contributed by atoms with Gasteiger partial charge in [0.15, 0.2) is 0 Å². The van der Waals surface area contributed by atoms with Crippen LogP contribution in [0.2, 0.25) is 5.02 Å². The zero-order valence-electron chi connectivity index (χ0n) is 16.0. The van der Waals surface area contributed by atoms with E-state index in [-0.39, 0.29) is 21.9 Å². The molecule has 2 aliphatic rings. The third-order valence-electron chi connectivity index (χ3n) is 5.67. The Morgan fingerprint density at radius 1 is 1.21 bits per heavy atom. The van der Waals surface area contributed by atoms with Crippen molar-refractivity contribution in [1.82, 2.24) is 14.5 Å². The van der Waals surface area contributed by atoms with Gasteiger partial charge in [-0.15, -0.1) is 0 Å². The first-order valence-corrected chi connectivity index (χ1v) is 12.4. The molecule has 1 amide bonds. The van der Waals surface area contributed by atoms with Gasteiger partial charge in [0, 0.05) is 36.7 Å². The van der Waals surface area contributed by atoms with Crippen molar-refractivity contribution in [2.24, 2.45) is 5.92 Å². The Labute approximate surface area is 180 Å². The molecule has 1 heterocycles. The lowest BCUT2D eigenvalue weighted by Crippen LogP contribution is -2.52.